The molecule has 1 unspecified atom stereocenters. The molecular weight excluding hydrogens is 202 g/mol. The Kier molecular flexibility index (Phi) is 2.64. The van der Waals surface area contributed by atoms with Crippen molar-refractivity contribution in [3.8, 4) is 0 Å². The Hall–Kier alpha value is -0.750. The maximum Gasteiger partial charge on any atom is 0.131 e. The lowest BCUT2D eigenvalue weighted by molar-refractivity contribution is -0.715. The van der Waals surface area contributed by atoms with E-state index in [2.05, 4.69) is 0 Å². The highest BCUT2D eigenvalue weighted by Crippen LogP contribution is 2.30. The number of hydrogen-bond acceptors (Lipinski definition) is 3. The van der Waals surface area contributed by atoms with Crippen LogP contribution in [0.15, 0.2) is 29.2 Å². The summed E-state index contributed by atoms with van der Waals surface area (Å²) in [4.78, 5) is 0.706. The average Bonchev–Trinajstić information content (AvgIpc) is 3.00. The summed E-state index contributed by atoms with van der Waals surface area (Å²) in [6.07, 6.45) is 2.02. The molecular formula is C9H10NO3S-. The molecule has 5 heteroatoms. The Morgan fingerprint density at radius 3 is 2.21 bits per heavy atom. The zero-order valence-corrected chi connectivity index (χ0v) is 8.25. The van der Waals surface area contributed by atoms with Crippen LogP contribution in [0.1, 0.15) is 12.8 Å². The van der Waals surface area contributed by atoms with Crippen molar-refractivity contribution in [2.75, 3.05) is 0 Å². The van der Waals surface area contributed by atoms with Gasteiger partial charge in [-0.25, -0.2) is 0 Å². The minimum absolute atomic E-state index is 0.126. The molecule has 76 valence electrons. The fourth-order valence-electron chi connectivity index (χ4n) is 1.20. The van der Waals surface area contributed by atoms with Gasteiger partial charge in [-0.3, -0.25) is 4.21 Å². The summed E-state index contributed by atoms with van der Waals surface area (Å²) in [5.41, 5.74) is 0.126. The van der Waals surface area contributed by atoms with Crippen LogP contribution in [-0.4, -0.2) is 9.46 Å². The lowest BCUT2D eigenvalue weighted by Crippen LogP contribution is -2.96. The van der Waals surface area contributed by atoms with Crippen LogP contribution in [0, 0.1) is 10.4 Å². The predicted molar refractivity (Wildman–Crippen MR) is 53.2 cm³/mol. The Morgan fingerprint density at radius 1 is 1.21 bits per heavy atom. The summed E-state index contributed by atoms with van der Waals surface area (Å²) < 4.78 is 11.6. The van der Waals surface area contributed by atoms with Gasteiger partial charge < -0.3 is 15.6 Å². The molecule has 1 aliphatic rings. The first-order valence-corrected chi connectivity index (χ1v) is 5.62. The largest absolute Gasteiger partial charge is 0.628 e. The minimum Gasteiger partial charge on any atom is -0.628 e. The Morgan fingerprint density at radius 2 is 1.79 bits per heavy atom. The second-order valence-electron chi connectivity index (χ2n) is 3.31. The number of nitrogens with one attached hydrogen (secondary N) is 1. The lowest BCUT2D eigenvalue weighted by atomic mass is 10.3. The van der Waals surface area contributed by atoms with Crippen molar-refractivity contribution in [3.63, 3.8) is 0 Å². The van der Waals surface area contributed by atoms with Crippen molar-refractivity contribution in [2.45, 2.75) is 23.0 Å². The standard InChI is InChI=1S/C9H10NO3S/c11-10(12)7-1-3-8(4-2-7)14(13)9-5-6-9/h1-4,9-10H,5-6H2/q-1. The molecule has 1 N–H and O–H groups in total. The van der Waals surface area contributed by atoms with Crippen molar-refractivity contribution < 1.29 is 9.44 Å². The van der Waals surface area contributed by atoms with Crippen LogP contribution in [0.2, 0.25) is 0 Å². The maximum absolute atomic E-state index is 11.6. The van der Waals surface area contributed by atoms with Crippen LogP contribution < -0.4 is 5.23 Å². The molecule has 0 aliphatic heterocycles. The molecule has 0 radical (unpaired) electrons. The number of quaternary nitrogens is 1. The first kappa shape index (κ1) is 9.79. The average molecular weight is 212 g/mol. The van der Waals surface area contributed by atoms with E-state index in [-0.39, 0.29) is 10.9 Å². The number of benzene rings is 1. The fourth-order valence-corrected chi connectivity index (χ4v) is 2.55. The van der Waals surface area contributed by atoms with Crippen molar-refractivity contribution in [1.82, 2.24) is 0 Å². The van der Waals surface area contributed by atoms with E-state index in [1.807, 2.05) is 0 Å². The zero-order valence-electron chi connectivity index (χ0n) is 7.43. The van der Waals surface area contributed by atoms with Gasteiger partial charge in [0.1, 0.15) is 5.69 Å². The third-order valence-corrected chi connectivity index (χ3v) is 3.96. The van der Waals surface area contributed by atoms with Gasteiger partial charge in [-0.15, -0.1) is 0 Å². The fraction of sp³-hybridized carbons (Fsp3) is 0.333. The molecule has 0 bridgehead atoms. The molecule has 1 atom stereocenters. The van der Waals surface area contributed by atoms with Gasteiger partial charge in [0.05, 0.1) is 10.8 Å². The van der Waals surface area contributed by atoms with E-state index in [0.717, 1.165) is 12.8 Å². The first-order chi connectivity index (χ1) is 6.68. The molecule has 14 heavy (non-hydrogen) atoms. The van der Waals surface area contributed by atoms with Gasteiger partial charge in [0, 0.05) is 22.3 Å². The van der Waals surface area contributed by atoms with Gasteiger partial charge in [-0.2, -0.15) is 0 Å². The van der Waals surface area contributed by atoms with Crippen LogP contribution in [0.25, 0.3) is 0 Å². The van der Waals surface area contributed by atoms with E-state index in [1.54, 1.807) is 12.1 Å². The van der Waals surface area contributed by atoms with Crippen molar-refractivity contribution in [2.24, 2.45) is 0 Å². The highest BCUT2D eigenvalue weighted by atomic mass is 32.2. The second kappa shape index (κ2) is 3.78. The minimum atomic E-state index is -1.20. The van der Waals surface area contributed by atoms with E-state index in [4.69, 9.17) is 0 Å². The van der Waals surface area contributed by atoms with Gasteiger partial charge in [0.2, 0.25) is 0 Å². The van der Waals surface area contributed by atoms with E-state index >= 15 is 0 Å². The Balaban J connectivity index is 2.16. The Labute approximate surface area is 84.2 Å². The molecule has 1 aromatic rings. The number of rotatable bonds is 3. The second-order valence-corrected chi connectivity index (χ2v) is 5.04. The molecule has 1 saturated carbocycles. The highest BCUT2D eigenvalue weighted by molar-refractivity contribution is 7.86. The molecule has 0 saturated heterocycles. The predicted octanol–water partition coefficient (Wildman–Crippen LogP) is 0.469. The normalized spacial score (nSPS) is 18.5. The SMILES string of the molecule is O=S(c1ccc([NH+]([O-])[O-])cc1)C1CC1. The van der Waals surface area contributed by atoms with Crippen LogP contribution >= 0.6 is 0 Å². The van der Waals surface area contributed by atoms with Crippen molar-refractivity contribution in [1.29, 1.82) is 0 Å². The van der Waals surface area contributed by atoms with Crippen molar-refractivity contribution in [3.05, 3.63) is 34.7 Å². The molecule has 0 spiro atoms. The van der Waals surface area contributed by atoms with Crippen LogP contribution in [-0.2, 0) is 10.8 Å². The summed E-state index contributed by atoms with van der Waals surface area (Å²) in [7, 11) is -0.959. The smallest absolute Gasteiger partial charge is 0.131 e. The van der Waals surface area contributed by atoms with Crippen LogP contribution in [0.4, 0.5) is 5.69 Å². The summed E-state index contributed by atoms with van der Waals surface area (Å²) >= 11 is 0. The summed E-state index contributed by atoms with van der Waals surface area (Å²) in [6.45, 7) is 0. The van der Waals surface area contributed by atoms with Crippen LogP contribution in [0.3, 0.4) is 0 Å². The summed E-state index contributed by atoms with van der Waals surface area (Å²) in [5, 5.41) is 20.0. The van der Waals surface area contributed by atoms with Crippen LogP contribution in [0.5, 0.6) is 0 Å². The third kappa shape index (κ3) is 2.01. The van der Waals surface area contributed by atoms with E-state index in [1.165, 1.54) is 12.1 Å². The molecule has 0 amide bonds. The van der Waals surface area contributed by atoms with E-state index < -0.39 is 16.0 Å². The number of hydrogen-bond donors (Lipinski definition) is 1. The highest BCUT2D eigenvalue weighted by Gasteiger charge is 2.29. The quantitative estimate of drug-likeness (QED) is 0.740. The van der Waals surface area contributed by atoms with Gasteiger partial charge in [0.15, 0.2) is 0 Å². The van der Waals surface area contributed by atoms with Gasteiger partial charge in [-0.05, 0) is 25.0 Å². The lowest BCUT2D eigenvalue weighted by Gasteiger charge is -2.24. The molecule has 1 aliphatic carbocycles. The summed E-state index contributed by atoms with van der Waals surface area (Å²) in [6, 6.07) is 6.06. The maximum atomic E-state index is 11.6. The van der Waals surface area contributed by atoms with Crippen molar-refractivity contribution >= 4 is 16.5 Å². The first-order valence-electron chi connectivity index (χ1n) is 4.40. The third-order valence-electron chi connectivity index (χ3n) is 2.15. The topological polar surface area (TPSA) is 67.6 Å². The van der Waals surface area contributed by atoms with Gasteiger partial charge >= 0.3 is 0 Å². The van der Waals surface area contributed by atoms with Gasteiger partial charge in [-0.1, -0.05) is 0 Å². The molecule has 1 fully saturated rings. The summed E-state index contributed by atoms with van der Waals surface area (Å²) in [5.74, 6) is 0. The van der Waals surface area contributed by atoms with E-state index in [9.17, 15) is 14.6 Å². The monoisotopic (exact) mass is 212 g/mol. The molecule has 4 nitrogen and oxygen atoms in total. The molecule has 2 rings (SSSR count). The molecule has 1 aromatic carbocycles. The Bertz CT molecular complexity index is 346. The van der Waals surface area contributed by atoms with Gasteiger partial charge in [0.25, 0.3) is 0 Å². The molecule has 0 aromatic heterocycles. The zero-order chi connectivity index (χ0) is 10.1. The molecule has 0 heterocycles. The van der Waals surface area contributed by atoms with E-state index in [0.29, 0.717) is 4.90 Å².